The molecule has 4 heteroatoms. The minimum Gasteiger partial charge on any atom is -0.392 e. The normalized spacial score (nSPS) is 28.4. The first-order valence-electron chi connectivity index (χ1n) is 12.6. The van der Waals surface area contributed by atoms with Crippen LogP contribution in [0.5, 0.6) is 0 Å². The summed E-state index contributed by atoms with van der Waals surface area (Å²) in [6, 6.07) is 0. The third kappa shape index (κ3) is 8.64. The zero-order chi connectivity index (χ0) is 23.0. The van der Waals surface area contributed by atoms with Crippen molar-refractivity contribution in [1.29, 1.82) is 0 Å². The largest absolute Gasteiger partial charge is 0.392 e. The van der Waals surface area contributed by atoms with Crippen molar-refractivity contribution in [3.8, 4) is 0 Å². The summed E-state index contributed by atoms with van der Waals surface area (Å²) in [6.45, 7) is 13.7. The number of nitrogens with zero attached hydrogens (tertiary/aromatic N) is 1. The highest BCUT2D eigenvalue weighted by molar-refractivity contribution is 5.21. The average molecular weight is 436 g/mol. The molecule has 0 spiro atoms. The lowest BCUT2D eigenvalue weighted by Gasteiger charge is -2.31. The molecule has 0 aliphatic heterocycles. The van der Waals surface area contributed by atoms with E-state index in [9.17, 15) is 10.2 Å². The van der Waals surface area contributed by atoms with Crippen molar-refractivity contribution in [2.24, 2.45) is 23.7 Å². The number of ether oxygens (including phenoxy) is 1. The van der Waals surface area contributed by atoms with E-state index in [0.717, 1.165) is 45.4 Å². The molecular formula is C27H49NO3. The molecule has 1 fully saturated rings. The Morgan fingerprint density at radius 3 is 2.71 bits per heavy atom. The number of allylic oxidation sites excluding steroid dienone is 1. The van der Waals surface area contributed by atoms with Gasteiger partial charge in [-0.1, -0.05) is 51.3 Å². The van der Waals surface area contributed by atoms with E-state index in [2.05, 4.69) is 58.7 Å². The van der Waals surface area contributed by atoms with Crippen molar-refractivity contribution >= 4 is 0 Å². The molecule has 0 heterocycles. The number of hydrogen-bond donors (Lipinski definition) is 2. The van der Waals surface area contributed by atoms with Gasteiger partial charge in [0.1, 0.15) is 0 Å². The lowest BCUT2D eigenvalue weighted by atomic mass is 9.88. The number of unbranched alkanes of at least 4 members (excludes halogenated alkanes) is 1. The molecule has 0 saturated heterocycles. The molecule has 0 aromatic rings. The van der Waals surface area contributed by atoms with Gasteiger partial charge in [0.15, 0.2) is 0 Å². The SMILES string of the molecule is CCCC[C@H](C)C[C@H](O)C=C[C@@H]1[C@H]2CC(COCCCN(C)C(C)(C)C)=C[C@H]2C[C@H]1O. The molecule has 1 saturated carbocycles. The molecule has 2 aliphatic carbocycles. The van der Waals surface area contributed by atoms with Crippen LogP contribution in [0.4, 0.5) is 0 Å². The van der Waals surface area contributed by atoms with Gasteiger partial charge < -0.3 is 19.8 Å². The molecule has 6 atom stereocenters. The first kappa shape index (κ1) is 26.6. The Bertz CT molecular complexity index is 580. The Morgan fingerprint density at radius 1 is 1.29 bits per heavy atom. The second-order valence-corrected chi connectivity index (χ2v) is 11.2. The van der Waals surface area contributed by atoms with E-state index < -0.39 is 6.10 Å². The van der Waals surface area contributed by atoms with Crippen LogP contribution in [-0.2, 0) is 4.74 Å². The van der Waals surface area contributed by atoms with Gasteiger partial charge in [0.05, 0.1) is 18.8 Å². The maximum atomic E-state index is 10.6. The topological polar surface area (TPSA) is 52.9 Å². The summed E-state index contributed by atoms with van der Waals surface area (Å²) in [5.41, 5.74) is 1.59. The number of fused-ring (bicyclic) bond motifs is 1. The van der Waals surface area contributed by atoms with Crippen LogP contribution < -0.4 is 0 Å². The summed E-state index contributed by atoms with van der Waals surface area (Å²) in [6.07, 6.45) is 13.0. The van der Waals surface area contributed by atoms with Crippen LogP contribution in [0.2, 0.25) is 0 Å². The van der Waals surface area contributed by atoms with Crippen LogP contribution in [0.1, 0.15) is 79.6 Å². The number of aliphatic hydroxyl groups excluding tert-OH is 2. The third-order valence-electron chi connectivity index (χ3n) is 7.41. The minimum atomic E-state index is -0.401. The van der Waals surface area contributed by atoms with Crippen molar-refractivity contribution in [3.05, 3.63) is 23.8 Å². The van der Waals surface area contributed by atoms with E-state index in [0.29, 0.717) is 17.8 Å². The van der Waals surface area contributed by atoms with Gasteiger partial charge in [-0.2, -0.15) is 0 Å². The van der Waals surface area contributed by atoms with Gasteiger partial charge in [-0.15, -0.1) is 0 Å². The van der Waals surface area contributed by atoms with Crippen LogP contribution >= 0.6 is 0 Å². The smallest absolute Gasteiger partial charge is 0.0723 e. The summed E-state index contributed by atoms with van der Waals surface area (Å²) in [7, 11) is 2.17. The molecule has 2 N–H and O–H groups in total. The number of aliphatic hydroxyl groups is 2. The molecule has 0 aromatic carbocycles. The van der Waals surface area contributed by atoms with Crippen LogP contribution in [0.25, 0.3) is 0 Å². The molecular weight excluding hydrogens is 386 g/mol. The van der Waals surface area contributed by atoms with Gasteiger partial charge in [-0.25, -0.2) is 0 Å². The Labute approximate surface area is 191 Å². The van der Waals surface area contributed by atoms with Crippen molar-refractivity contribution in [2.75, 3.05) is 26.8 Å². The van der Waals surface area contributed by atoms with Crippen LogP contribution in [0, 0.1) is 23.7 Å². The van der Waals surface area contributed by atoms with Gasteiger partial charge in [0.25, 0.3) is 0 Å². The highest BCUT2D eigenvalue weighted by Crippen LogP contribution is 2.47. The number of rotatable bonds is 13. The summed E-state index contributed by atoms with van der Waals surface area (Å²) >= 11 is 0. The second-order valence-electron chi connectivity index (χ2n) is 11.2. The predicted octanol–water partition coefficient (Wildman–Crippen LogP) is 5.20. The standard InChI is InChI=1S/C27H49NO3/c1-7-8-10-20(2)15-23(29)11-12-24-25-17-21(16-22(25)18-26(24)30)19-31-14-9-13-28(6)27(3,4)5/h11-12,16,20,22-26,29-30H,7-10,13-15,17-19H2,1-6H3/t20-,22-,23+,24+,25-,26+/m0/s1. The Balaban J connectivity index is 1.72. The van der Waals surface area contributed by atoms with Gasteiger partial charge in [0, 0.05) is 24.6 Å². The summed E-state index contributed by atoms with van der Waals surface area (Å²) in [4.78, 5) is 2.37. The summed E-state index contributed by atoms with van der Waals surface area (Å²) in [5.74, 6) is 1.61. The maximum absolute atomic E-state index is 10.6. The zero-order valence-electron chi connectivity index (χ0n) is 21.0. The monoisotopic (exact) mass is 435 g/mol. The van der Waals surface area contributed by atoms with Crippen molar-refractivity contribution in [1.82, 2.24) is 4.90 Å². The number of hydrogen-bond acceptors (Lipinski definition) is 4. The molecule has 0 amide bonds. The van der Waals surface area contributed by atoms with Gasteiger partial charge in [-0.05, 0) is 76.8 Å². The summed E-state index contributed by atoms with van der Waals surface area (Å²) in [5, 5.41) is 21.0. The summed E-state index contributed by atoms with van der Waals surface area (Å²) < 4.78 is 5.97. The van der Waals surface area contributed by atoms with E-state index in [1.165, 1.54) is 24.8 Å². The Kier molecular flexibility index (Phi) is 10.7. The fraction of sp³-hybridized carbons (Fsp3) is 0.852. The van der Waals surface area contributed by atoms with Crippen LogP contribution in [0.3, 0.4) is 0 Å². The first-order valence-corrected chi connectivity index (χ1v) is 12.6. The molecule has 0 bridgehead atoms. The minimum absolute atomic E-state index is 0.153. The maximum Gasteiger partial charge on any atom is 0.0723 e. The van der Waals surface area contributed by atoms with E-state index >= 15 is 0 Å². The first-order chi connectivity index (χ1) is 14.6. The predicted molar refractivity (Wildman–Crippen MR) is 130 cm³/mol. The average Bonchev–Trinajstić information content (AvgIpc) is 3.19. The highest BCUT2D eigenvalue weighted by Gasteiger charge is 2.43. The Morgan fingerprint density at radius 2 is 2.03 bits per heavy atom. The van der Waals surface area contributed by atoms with Crippen LogP contribution in [-0.4, -0.2) is 59.7 Å². The molecule has 0 radical (unpaired) electrons. The zero-order valence-corrected chi connectivity index (χ0v) is 21.0. The van der Waals surface area contributed by atoms with E-state index in [1.54, 1.807) is 0 Å². The van der Waals surface area contributed by atoms with E-state index in [1.807, 2.05) is 6.08 Å². The van der Waals surface area contributed by atoms with Gasteiger partial charge in [-0.3, -0.25) is 0 Å². The van der Waals surface area contributed by atoms with E-state index in [-0.39, 0.29) is 17.6 Å². The molecule has 31 heavy (non-hydrogen) atoms. The van der Waals surface area contributed by atoms with Crippen molar-refractivity contribution in [2.45, 2.75) is 97.3 Å². The van der Waals surface area contributed by atoms with Gasteiger partial charge in [0.2, 0.25) is 0 Å². The molecule has 0 aromatic heterocycles. The highest BCUT2D eigenvalue weighted by atomic mass is 16.5. The van der Waals surface area contributed by atoms with Crippen LogP contribution in [0.15, 0.2) is 23.8 Å². The molecule has 4 nitrogen and oxygen atoms in total. The fourth-order valence-electron chi connectivity index (χ4n) is 5.07. The quantitative estimate of drug-likeness (QED) is 0.308. The molecule has 2 aliphatic rings. The molecule has 180 valence electrons. The lowest BCUT2D eigenvalue weighted by molar-refractivity contribution is 0.116. The lowest BCUT2D eigenvalue weighted by Crippen LogP contribution is -2.38. The van der Waals surface area contributed by atoms with Gasteiger partial charge >= 0.3 is 0 Å². The fourth-order valence-corrected chi connectivity index (χ4v) is 5.07. The molecule has 2 rings (SSSR count). The second kappa shape index (κ2) is 12.5. The van der Waals surface area contributed by atoms with E-state index in [4.69, 9.17) is 4.74 Å². The third-order valence-corrected chi connectivity index (χ3v) is 7.41. The van der Waals surface area contributed by atoms with Crippen molar-refractivity contribution < 1.29 is 14.9 Å². The Hall–Kier alpha value is -0.680. The van der Waals surface area contributed by atoms with Crippen molar-refractivity contribution in [3.63, 3.8) is 0 Å². The molecule has 0 unspecified atom stereocenters.